The van der Waals surface area contributed by atoms with Crippen LogP contribution in [-0.2, 0) is 31.8 Å². The molecule has 0 radical (unpaired) electrons. The smallest absolute Gasteiger partial charge is 0.261 e. The molecule has 1 atom stereocenters. The van der Waals surface area contributed by atoms with E-state index in [0.29, 0.717) is 34.8 Å². The Balaban J connectivity index is 1.32. The topological polar surface area (TPSA) is 118 Å². The van der Waals surface area contributed by atoms with Gasteiger partial charge in [0.25, 0.3) is 10.0 Å². The number of sulfonamides is 1. The quantitative estimate of drug-likeness (QED) is 0.215. The molecular weight excluding hydrogens is 510 g/mol. The van der Waals surface area contributed by atoms with Gasteiger partial charge in [0, 0.05) is 23.3 Å². The SMILES string of the molecule is Cc1ccc2c(Cl)cc(S(=O)ONCCc3ccc(NS(=O)(=O)c4ccccc4)cc3)c(O)c2n1. The zero-order valence-corrected chi connectivity index (χ0v) is 21.0. The van der Waals surface area contributed by atoms with Gasteiger partial charge in [-0.15, -0.1) is 0 Å². The highest BCUT2D eigenvalue weighted by Gasteiger charge is 2.18. The van der Waals surface area contributed by atoms with E-state index in [2.05, 4.69) is 15.2 Å². The average Bonchev–Trinajstić information content (AvgIpc) is 2.85. The largest absolute Gasteiger partial charge is 0.504 e. The molecule has 11 heteroatoms. The van der Waals surface area contributed by atoms with Gasteiger partial charge in [-0.05, 0) is 61.4 Å². The number of hydrogen-bond donors (Lipinski definition) is 3. The van der Waals surface area contributed by atoms with Crippen molar-refractivity contribution in [2.45, 2.75) is 23.1 Å². The van der Waals surface area contributed by atoms with Crippen LogP contribution in [0.3, 0.4) is 0 Å². The van der Waals surface area contributed by atoms with Crippen molar-refractivity contribution in [1.29, 1.82) is 0 Å². The first-order valence-corrected chi connectivity index (χ1v) is 13.5. The van der Waals surface area contributed by atoms with Crippen molar-refractivity contribution in [3.8, 4) is 5.75 Å². The summed E-state index contributed by atoms with van der Waals surface area (Å²) in [6.07, 6.45) is 0.522. The summed E-state index contributed by atoms with van der Waals surface area (Å²) >= 11 is 4.23. The van der Waals surface area contributed by atoms with Crippen LogP contribution < -0.4 is 10.2 Å². The van der Waals surface area contributed by atoms with Crippen LogP contribution in [0.15, 0.2) is 82.6 Å². The van der Waals surface area contributed by atoms with Crippen molar-refractivity contribution in [3.63, 3.8) is 0 Å². The second-order valence-electron chi connectivity index (χ2n) is 7.63. The van der Waals surface area contributed by atoms with Crippen LogP contribution in [0.2, 0.25) is 5.02 Å². The summed E-state index contributed by atoms with van der Waals surface area (Å²) in [5, 5.41) is 11.4. The zero-order chi connectivity index (χ0) is 25.0. The highest BCUT2D eigenvalue weighted by molar-refractivity contribution is 7.92. The Labute approximate surface area is 210 Å². The number of halogens is 1. The first-order chi connectivity index (χ1) is 16.7. The summed E-state index contributed by atoms with van der Waals surface area (Å²) in [5.41, 5.74) is 4.92. The van der Waals surface area contributed by atoms with E-state index < -0.39 is 21.1 Å². The molecule has 0 amide bonds. The van der Waals surface area contributed by atoms with Crippen molar-refractivity contribution in [2.24, 2.45) is 0 Å². The Morgan fingerprint density at radius 2 is 1.77 bits per heavy atom. The molecule has 0 aliphatic carbocycles. The van der Waals surface area contributed by atoms with E-state index in [4.69, 9.17) is 15.9 Å². The fourth-order valence-corrected chi connectivity index (χ4v) is 5.48. The molecule has 8 nitrogen and oxygen atoms in total. The molecule has 0 spiro atoms. The van der Waals surface area contributed by atoms with Crippen LogP contribution >= 0.6 is 11.6 Å². The molecule has 0 aliphatic heterocycles. The predicted molar refractivity (Wildman–Crippen MR) is 136 cm³/mol. The van der Waals surface area contributed by atoms with Crippen molar-refractivity contribution < 1.29 is 22.0 Å². The van der Waals surface area contributed by atoms with Gasteiger partial charge in [0.15, 0.2) is 5.75 Å². The number of aromatic hydroxyl groups is 1. The van der Waals surface area contributed by atoms with Gasteiger partial charge in [0.2, 0.25) is 11.1 Å². The van der Waals surface area contributed by atoms with Crippen LogP contribution in [0, 0.1) is 6.92 Å². The van der Waals surface area contributed by atoms with Gasteiger partial charge in [-0.1, -0.05) is 41.9 Å². The third-order valence-corrected chi connectivity index (χ3v) is 7.75. The molecule has 0 bridgehead atoms. The summed E-state index contributed by atoms with van der Waals surface area (Å²) in [4.78, 5) is 4.47. The number of aromatic nitrogens is 1. The number of rotatable bonds is 9. The monoisotopic (exact) mass is 531 g/mol. The number of benzene rings is 3. The fraction of sp³-hybridized carbons (Fsp3) is 0.125. The maximum Gasteiger partial charge on any atom is 0.261 e. The Morgan fingerprint density at radius 1 is 1.06 bits per heavy atom. The molecule has 1 unspecified atom stereocenters. The molecule has 1 aromatic heterocycles. The molecule has 4 aromatic rings. The highest BCUT2D eigenvalue weighted by Crippen LogP contribution is 2.35. The van der Waals surface area contributed by atoms with E-state index in [9.17, 15) is 17.7 Å². The Morgan fingerprint density at radius 3 is 2.49 bits per heavy atom. The third-order valence-electron chi connectivity index (χ3n) is 5.10. The van der Waals surface area contributed by atoms with Crippen LogP contribution in [0.4, 0.5) is 5.69 Å². The van der Waals surface area contributed by atoms with Crippen LogP contribution in [0.5, 0.6) is 5.75 Å². The van der Waals surface area contributed by atoms with Gasteiger partial charge in [-0.25, -0.2) is 17.6 Å². The number of hydrogen-bond acceptors (Lipinski definition) is 7. The minimum absolute atomic E-state index is 0.0168. The normalized spacial score (nSPS) is 12.5. The summed E-state index contributed by atoms with van der Waals surface area (Å²) in [6.45, 7) is 2.10. The fourth-order valence-electron chi connectivity index (χ4n) is 3.32. The summed E-state index contributed by atoms with van der Waals surface area (Å²) < 4.78 is 45.1. The first-order valence-electron chi connectivity index (χ1n) is 10.5. The number of nitrogens with zero attached hydrogens (tertiary/aromatic N) is 1. The van der Waals surface area contributed by atoms with Crippen LogP contribution in [0.25, 0.3) is 10.9 Å². The summed E-state index contributed by atoms with van der Waals surface area (Å²) in [5.74, 6) is -0.248. The molecule has 3 aromatic carbocycles. The number of phenols is 1. The number of aryl methyl sites for hydroxylation is 1. The maximum absolute atomic E-state index is 12.6. The van der Waals surface area contributed by atoms with Crippen molar-refractivity contribution in [2.75, 3.05) is 11.3 Å². The Kier molecular flexibility index (Phi) is 7.68. The molecule has 3 N–H and O–H groups in total. The van der Waals surface area contributed by atoms with E-state index in [-0.39, 0.29) is 21.1 Å². The number of phenolic OH excluding ortho intramolecular Hbond substituents is 1. The minimum atomic E-state index is -3.66. The minimum Gasteiger partial charge on any atom is -0.504 e. The van der Waals surface area contributed by atoms with Crippen LogP contribution in [0.1, 0.15) is 11.3 Å². The maximum atomic E-state index is 12.6. The van der Waals surface area contributed by atoms with Crippen molar-refractivity contribution in [1.82, 2.24) is 10.5 Å². The Hall–Kier alpha value is -3.02. The van der Waals surface area contributed by atoms with Gasteiger partial charge in [0.05, 0.1) is 9.92 Å². The van der Waals surface area contributed by atoms with Crippen molar-refractivity contribution in [3.05, 3.63) is 89.1 Å². The van der Waals surface area contributed by atoms with Gasteiger partial charge in [-0.3, -0.25) is 4.72 Å². The molecule has 35 heavy (non-hydrogen) atoms. The number of pyridine rings is 1. The lowest BCUT2D eigenvalue weighted by atomic mass is 10.1. The second-order valence-corrected chi connectivity index (χ2v) is 10.8. The summed E-state index contributed by atoms with van der Waals surface area (Å²) in [7, 11) is -3.66. The number of anilines is 1. The average molecular weight is 532 g/mol. The number of hydroxylamine groups is 1. The molecule has 0 fully saturated rings. The van der Waals surface area contributed by atoms with Gasteiger partial charge < -0.3 is 5.11 Å². The molecular formula is C24H22ClN3O5S2. The molecule has 1 heterocycles. The highest BCUT2D eigenvalue weighted by atomic mass is 35.5. The van der Waals surface area contributed by atoms with E-state index in [1.54, 1.807) is 61.5 Å². The van der Waals surface area contributed by atoms with Gasteiger partial charge in [-0.2, -0.15) is 9.76 Å². The lowest BCUT2D eigenvalue weighted by Crippen LogP contribution is -2.19. The predicted octanol–water partition coefficient (Wildman–Crippen LogP) is 4.49. The van der Waals surface area contributed by atoms with Crippen molar-refractivity contribution >= 4 is 49.3 Å². The van der Waals surface area contributed by atoms with E-state index in [1.165, 1.54) is 18.2 Å². The molecule has 0 saturated carbocycles. The van der Waals surface area contributed by atoms with Gasteiger partial charge in [0.1, 0.15) is 10.4 Å². The van der Waals surface area contributed by atoms with E-state index in [1.807, 2.05) is 0 Å². The molecule has 182 valence electrons. The summed E-state index contributed by atoms with van der Waals surface area (Å²) in [6, 6.07) is 19.9. The number of nitrogens with one attached hydrogen (secondary N) is 2. The third kappa shape index (κ3) is 5.98. The lowest BCUT2D eigenvalue weighted by Gasteiger charge is -2.11. The molecule has 0 aliphatic rings. The molecule has 4 rings (SSSR count). The van der Waals surface area contributed by atoms with Crippen LogP contribution in [-0.4, -0.2) is 29.3 Å². The first kappa shape index (κ1) is 25.1. The Bertz CT molecular complexity index is 1480. The number of fused-ring (bicyclic) bond motifs is 1. The van der Waals surface area contributed by atoms with Gasteiger partial charge >= 0.3 is 0 Å². The van der Waals surface area contributed by atoms with E-state index >= 15 is 0 Å². The standard InChI is InChI=1S/C24H22ClN3O5S2/c1-16-7-12-20-21(25)15-22(24(29)23(20)27-16)34(30)33-26-14-13-17-8-10-18(11-9-17)28-35(31,32)19-5-3-2-4-6-19/h2-12,15,26,28-29H,13-14H2,1H3. The second kappa shape index (κ2) is 10.7. The van der Waals surface area contributed by atoms with E-state index in [0.717, 1.165) is 5.56 Å². The zero-order valence-electron chi connectivity index (χ0n) is 18.6. The lowest BCUT2D eigenvalue weighted by molar-refractivity contribution is 0.222. The molecule has 0 saturated heterocycles.